The normalized spacial score (nSPS) is 13.0. The Morgan fingerprint density at radius 1 is 1.04 bits per heavy atom. The molecule has 0 aliphatic carbocycles. The van der Waals surface area contributed by atoms with Crippen molar-refractivity contribution in [3.63, 3.8) is 0 Å². The van der Waals surface area contributed by atoms with Gasteiger partial charge in [0, 0.05) is 6.07 Å². The van der Waals surface area contributed by atoms with E-state index in [9.17, 15) is 30.4 Å². The van der Waals surface area contributed by atoms with Gasteiger partial charge in [0.15, 0.2) is 9.84 Å². The molecule has 0 saturated heterocycles. The molecular weight excluding hydrogens is 361 g/mol. The van der Waals surface area contributed by atoms with Gasteiger partial charge in [0.1, 0.15) is 22.1 Å². The summed E-state index contributed by atoms with van der Waals surface area (Å²) >= 11 is 0. The van der Waals surface area contributed by atoms with Gasteiger partial charge in [-0.3, -0.25) is 0 Å². The van der Waals surface area contributed by atoms with Gasteiger partial charge in [0.25, 0.3) is 0 Å². The summed E-state index contributed by atoms with van der Waals surface area (Å²) in [5.41, 5.74) is 5.82. The molecule has 0 spiro atoms. The van der Waals surface area contributed by atoms with Crippen LogP contribution in [0.4, 0.5) is 22.0 Å². The summed E-state index contributed by atoms with van der Waals surface area (Å²) in [5, 5.41) is 0. The zero-order valence-corrected chi connectivity index (χ0v) is 13.6. The first-order chi connectivity index (χ1) is 10.9. The molecule has 2 N–H and O–H groups in total. The van der Waals surface area contributed by atoms with Crippen molar-refractivity contribution in [2.45, 2.75) is 23.4 Å². The number of nitrogens with two attached hydrogens (primary N) is 1. The molecule has 0 heterocycles. The highest BCUT2D eigenvalue weighted by Crippen LogP contribution is 2.40. The molecule has 0 aliphatic heterocycles. The zero-order chi connectivity index (χ0) is 18.8. The number of benzene rings is 1. The Balaban J connectivity index is 3.43. The molecule has 0 aliphatic rings. The van der Waals surface area contributed by atoms with E-state index in [0.717, 1.165) is 13.2 Å². The van der Waals surface area contributed by atoms with Crippen molar-refractivity contribution < 1.29 is 39.8 Å². The number of methoxy groups -OCH3 is 2. The van der Waals surface area contributed by atoms with E-state index >= 15 is 0 Å². The molecule has 1 aromatic carbocycles. The van der Waals surface area contributed by atoms with Crippen molar-refractivity contribution in [2.75, 3.05) is 26.5 Å². The molecule has 0 radical (unpaired) electrons. The van der Waals surface area contributed by atoms with Crippen LogP contribution in [-0.2, 0) is 16.3 Å². The highest BCUT2D eigenvalue weighted by molar-refractivity contribution is 7.91. The lowest BCUT2D eigenvalue weighted by Gasteiger charge is -2.21. The molecule has 24 heavy (non-hydrogen) atoms. The van der Waals surface area contributed by atoms with E-state index in [2.05, 4.69) is 0 Å². The number of sulfone groups is 1. The third-order valence-corrected chi connectivity index (χ3v) is 4.83. The topological polar surface area (TPSA) is 78.6 Å². The minimum Gasteiger partial charge on any atom is -0.496 e. The standard InChI is InChI=1S/C13H16F5NO4S/c1-22-9-6-11(10(23-2)5-8(9)3-4-19)24(20,21)7-12(14,15)13(16,17)18/h5-6H,3-4,7,19H2,1-2H3. The van der Waals surface area contributed by atoms with E-state index in [1.165, 1.54) is 13.2 Å². The number of rotatable bonds is 7. The molecule has 0 unspecified atom stereocenters. The van der Waals surface area contributed by atoms with E-state index < -0.39 is 32.6 Å². The Bertz CT molecular complexity index is 688. The molecule has 138 valence electrons. The van der Waals surface area contributed by atoms with E-state index in [0.29, 0.717) is 5.56 Å². The molecule has 1 aromatic rings. The maximum absolute atomic E-state index is 13.1. The molecule has 0 saturated carbocycles. The largest absolute Gasteiger partial charge is 0.496 e. The molecular formula is C13H16F5NO4S. The van der Waals surface area contributed by atoms with Crippen molar-refractivity contribution in [3.05, 3.63) is 17.7 Å². The number of halogens is 5. The lowest BCUT2D eigenvalue weighted by atomic mass is 10.1. The second-order valence-corrected chi connectivity index (χ2v) is 6.77. The quantitative estimate of drug-likeness (QED) is 0.737. The SMILES string of the molecule is COc1cc(S(=O)(=O)CC(F)(F)C(F)(F)F)c(OC)cc1CCN. The van der Waals surface area contributed by atoms with Crippen molar-refractivity contribution in [2.24, 2.45) is 5.73 Å². The fraction of sp³-hybridized carbons (Fsp3) is 0.538. The summed E-state index contributed by atoms with van der Waals surface area (Å²) in [6, 6.07) is 2.04. The number of ether oxygens (including phenoxy) is 2. The maximum atomic E-state index is 13.1. The van der Waals surface area contributed by atoms with Gasteiger partial charge in [-0.1, -0.05) is 0 Å². The lowest BCUT2D eigenvalue weighted by Crippen LogP contribution is -2.42. The number of hydrogen-bond donors (Lipinski definition) is 1. The molecule has 1 rings (SSSR count). The van der Waals surface area contributed by atoms with Gasteiger partial charge < -0.3 is 15.2 Å². The van der Waals surface area contributed by atoms with Gasteiger partial charge >= 0.3 is 12.1 Å². The van der Waals surface area contributed by atoms with E-state index in [1.54, 1.807) is 0 Å². The molecule has 0 aromatic heterocycles. The van der Waals surface area contributed by atoms with E-state index in [1.807, 2.05) is 0 Å². The van der Waals surface area contributed by atoms with Gasteiger partial charge in [-0.25, -0.2) is 8.42 Å². The van der Waals surface area contributed by atoms with Crippen molar-refractivity contribution >= 4 is 9.84 Å². The third kappa shape index (κ3) is 4.26. The molecule has 0 amide bonds. The highest BCUT2D eigenvalue weighted by Gasteiger charge is 2.60. The minimum atomic E-state index is -5.99. The first kappa shape index (κ1) is 20.4. The van der Waals surface area contributed by atoms with Crippen LogP contribution in [0.2, 0.25) is 0 Å². The Morgan fingerprint density at radius 3 is 2.00 bits per heavy atom. The molecule has 0 fully saturated rings. The van der Waals surface area contributed by atoms with Gasteiger partial charge in [-0.15, -0.1) is 0 Å². The monoisotopic (exact) mass is 377 g/mol. The Labute approximate surface area is 135 Å². The Kier molecular flexibility index (Phi) is 6.04. The van der Waals surface area contributed by atoms with Crippen molar-refractivity contribution in [1.29, 1.82) is 0 Å². The minimum absolute atomic E-state index is 0.00449. The molecule has 0 atom stereocenters. The van der Waals surface area contributed by atoms with Crippen LogP contribution in [0, 0.1) is 0 Å². The fourth-order valence-corrected chi connectivity index (χ4v) is 3.46. The number of hydrogen-bond acceptors (Lipinski definition) is 5. The summed E-state index contributed by atoms with van der Waals surface area (Å²) in [6.45, 7) is 0.178. The summed E-state index contributed by atoms with van der Waals surface area (Å²) in [5.74, 6) is -8.20. The van der Waals surface area contributed by atoms with Crippen molar-refractivity contribution in [1.82, 2.24) is 0 Å². The van der Waals surface area contributed by atoms with Gasteiger partial charge in [0.05, 0.1) is 14.2 Å². The summed E-state index contributed by atoms with van der Waals surface area (Å²) in [4.78, 5) is -0.813. The van der Waals surface area contributed by atoms with Crippen molar-refractivity contribution in [3.8, 4) is 11.5 Å². The summed E-state index contributed by atoms with van der Waals surface area (Å²) < 4.78 is 97.0. The Hall–Kier alpha value is -1.62. The third-order valence-electron chi connectivity index (χ3n) is 3.10. The number of alkyl halides is 5. The molecule has 11 heteroatoms. The second-order valence-electron chi connectivity index (χ2n) is 4.81. The first-order valence-electron chi connectivity index (χ1n) is 6.52. The fourth-order valence-electron chi connectivity index (χ4n) is 1.93. The average molecular weight is 377 g/mol. The maximum Gasteiger partial charge on any atom is 0.454 e. The van der Waals surface area contributed by atoms with Crippen LogP contribution >= 0.6 is 0 Å². The van der Waals surface area contributed by atoms with E-state index in [-0.39, 0.29) is 24.5 Å². The zero-order valence-electron chi connectivity index (χ0n) is 12.8. The Morgan fingerprint density at radius 2 is 1.58 bits per heavy atom. The first-order valence-corrected chi connectivity index (χ1v) is 8.17. The van der Waals surface area contributed by atoms with Crippen LogP contribution < -0.4 is 15.2 Å². The summed E-state index contributed by atoms with van der Waals surface area (Å²) in [7, 11) is -2.75. The average Bonchev–Trinajstić information content (AvgIpc) is 2.44. The van der Waals surface area contributed by atoms with Gasteiger partial charge in [-0.05, 0) is 24.6 Å². The molecule has 0 bridgehead atoms. The van der Waals surface area contributed by atoms with Crippen LogP contribution in [0.1, 0.15) is 5.56 Å². The van der Waals surface area contributed by atoms with Crippen LogP contribution in [0.25, 0.3) is 0 Å². The van der Waals surface area contributed by atoms with Crippen LogP contribution in [-0.4, -0.2) is 47.0 Å². The highest BCUT2D eigenvalue weighted by atomic mass is 32.2. The van der Waals surface area contributed by atoms with Crippen LogP contribution in [0.3, 0.4) is 0 Å². The smallest absolute Gasteiger partial charge is 0.454 e. The predicted octanol–water partition coefficient (Wildman–Crippen LogP) is 2.18. The van der Waals surface area contributed by atoms with E-state index in [4.69, 9.17) is 15.2 Å². The van der Waals surface area contributed by atoms with Gasteiger partial charge in [0.2, 0.25) is 0 Å². The van der Waals surface area contributed by atoms with Crippen LogP contribution in [0.5, 0.6) is 11.5 Å². The predicted molar refractivity (Wildman–Crippen MR) is 75.4 cm³/mol. The molecule has 5 nitrogen and oxygen atoms in total. The lowest BCUT2D eigenvalue weighted by molar-refractivity contribution is -0.271. The second kappa shape index (κ2) is 7.09. The summed E-state index contributed by atoms with van der Waals surface area (Å²) in [6.07, 6.45) is -5.73. The van der Waals surface area contributed by atoms with Gasteiger partial charge in [-0.2, -0.15) is 22.0 Å². The van der Waals surface area contributed by atoms with Crippen LogP contribution in [0.15, 0.2) is 17.0 Å².